The maximum absolute atomic E-state index is 15.0. The van der Waals surface area contributed by atoms with Crippen molar-refractivity contribution >= 4 is 69.3 Å². The van der Waals surface area contributed by atoms with E-state index in [1.165, 1.54) is 6.26 Å². The maximum atomic E-state index is 15.0. The van der Waals surface area contributed by atoms with Gasteiger partial charge in [-0.1, -0.05) is 194 Å². The summed E-state index contributed by atoms with van der Waals surface area (Å²) in [6.45, 7) is 0. The van der Waals surface area contributed by atoms with Crippen LogP contribution in [-0.4, -0.2) is 24.8 Å². The molecule has 1 atom stereocenters. The molecule has 0 aromatic heterocycles. The summed E-state index contributed by atoms with van der Waals surface area (Å²) >= 11 is 0. The van der Waals surface area contributed by atoms with E-state index < -0.39 is 35.8 Å². The van der Waals surface area contributed by atoms with E-state index >= 15 is 0 Å². The zero-order valence-corrected chi connectivity index (χ0v) is 30.3. The highest BCUT2D eigenvalue weighted by molar-refractivity contribution is 7.97. The van der Waals surface area contributed by atoms with Crippen LogP contribution >= 0.6 is 15.8 Å². The Morgan fingerprint density at radius 2 is 0.900 bits per heavy atom. The smallest absolute Gasteiger partial charge is 0.155 e. The van der Waals surface area contributed by atoms with Crippen molar-refractivity contribution in [1.82, 2.24) is 0 Å². The van der Waals surface area contributed by atoms with Gasteiger partial charge in [0.1, 0.15) is 0 Å². The van der Waals surface area contributed by atoms with Gasteiger partial charge in [-0.2, -0.15) is 0 Å². The molecule has 0 radical (unpaired) electrons. The van der Waals surface area contributed by atoms with Crippen LogP contribution < -0.4 is 31.7 Å². The zero-order chi connectivity index (χ0) is 34.1. The van der Waals surface area contributed by atoms with Crippen LogP contribution in [0.4, 0.5) is 0 Å². The largest absolute Gasteiger partial charge is 0.228 e. The minimum Gasteiger partial charge on any atom is -0.228 e. The van der Waals surface area contributed by atoms with Crippen LogP contribution in [0.5, 0.6) is 0 Å². The molecule has 8 rings (SSSR count). The van der Waals surface area contributed by atoms with E-state index in [4.69, 9.17) is 0 Å². The lowest BCUT2D eigenvalue weighted by atomic mass is 9.89. The van der Waals surface area contributed by atoms with E-state index in [2.05, 4.69) is 188 Å². The van der Waals surface area contributed by atoms with Crippen molar-refractivity contribution < 1.29 is 8.42 Å². The summed E-state index contributed by atoms with van der Waals surface area (Å²) in [6.07, 6.45) is 3.53. The quantitative estimate of drug-likeness (QED) is 0.157. The summed E-state index contributed by atoms with van der Waals surface area (Å²) in [6, 6.07) is 66.2. The lowest BCUT2D eigenvalue weighted by Crippen LogP contribution is -2.56. The van der Waals surface area contributed by atoms with Crippen LogP contribution in [0, 0.1) is 0 Å². The first-order valence-corrected chi connectivity index (χ1v) is 21.4. The van der Waals surface area contributed by atoms with Crippen LogP contribution in [-0.2, 0) is 9.84 Å². The van der Waals surface area contributed by atoms with E-state index in [1.54, 1.807) is 0 Å². The normalized spacial score (nSPS) is 15.5. The van der Waals surface area contributed by atoms with Crippen LogP contribution in [0.1, 0.15) is 5.56 Å². The standard InChI is InChI=1S/C45H36O2P2S/c1-50(46,47)43-33-35-20-15-17-31-41(35)44(42-32-18-21-34-19-14-16-30-40(34)42)45(43,48(36-22-6-2-7-23-36)37-24-8-3-9-25-37)49(38-26-10-4-11-27-38)39-28-12-5-13-29-39/h2-33,43H,1H3. The van der Waals surface area contributed by atoms with Crippen molar-refractivity contribution in [1.29, 1.82) is 0 Å². The molecule has 7 aromatic rings. The predicted molar refractivity (Wildman–Crippen MR) is 216 cm³/mol. The number of sulfone groups is 1. The van der Waals surface area contributed by atoms with Gasteiger partial charge in [-0.3, -0.25) is 0 Å². The molecule has 0 bridgehead atoms. The fraction of sp³-hybridized carbons (Fsp3) is 0.0667. The number of benzene rings is 7. The topological polar surface area (TPSA) is 34.1 Å². The van der Waals surface area contributed by atoms with Crippen LogP contribution in [0.2, 0.25) is 0 Å². The minimum absolute atomic E-state index is 0.850. The molecule has 50 heavy (non-hydrogen) atoms. The SMILES string of the molecule is CS(=O)(=O)C1C=c2ccccc2=C(c2cccc3ccccc23)C1(P(c1ccccc1)c1ccccc1)P(c1ccccc1)c1ccccc1. The molecule has 244 valence electrons. The van der Waals surface area contributed by atoms with Crippen molar-refractivity contribution in [2.75, 3.05) is 6.26 Å². The number of hydrogen-bond donors (Lipinski definition) is 0. The lowest BCUT2D eigenvalue weighted by molar-refractivity contribution is 0.595. The monoisotopic (exact) mass is 702 g/mol. The summed E-state index contributed by atoms with van der Waals surface area (Å²) < 4.78 is 29.9. The molecule has 1 aliphatic rings. The third kappa shape index (κ3) is 5.65. The molecule has 0 heterocycles. The van der Waals surface area contributed by atoms with Gasteiger partial charge in [-0.05, 0) is 69.4 Å². The molecule has 5 heteroatoms. The van der Waals surface area contributed by atoms with Gasteiger partial charge in [0.2, 0.25) is 0 Å². The van der Waals surface area contributed by atoms with E-state index in [1.807, 2.05) is 6.07 Å². The van der Waals surface area contributed by atoms with E-state index in [-0.39, 0.29) is 0 Å². The Kier molecular flexibility index (Phi) is 8.84. The van der Waals surface area contributed by atoms with Gasteiger partial charge in [0.25, 0.3) is 0 Å². The molecular formula is C45H36O2P2S. The minimum atomic E-state index is -3.74. The van der Waals surface area contributed by atoms with Gasteiger partial charge in [0.05, 0.1) is 10.1 Å². The molecule has 2 nitrogen and oxygen atoms in total. The molecule has 0 saturated carbocycles. The van der Waals surface area contributed by atoms with E-state index in [9.17, 15) is 8.42 Å². The van der Waals surface area contributed by atoms with E-state index in [0.717, 1.165) is 53.6 Å². The van der Waals surface area contributed by atoms with Crippen molar-refractivity contribution in [3.8, 4) is 0 Å². The molecule has 0 fully saturated rings. The number of hydrogen-bond acceptors (Lipinski definition) is 2. The fourth-order valence-electron chi connectivity index (χ4n) is 7.67. The Balaban J connectivity index is 1.69. The van der Waals surface area contributed by atoms with Gasteiger partial charge in [-0.25, -0.2) is 8.42 Å². The predicted octanol–water partition coefficient (Wildman–Crippen LogP) is 7.21. The highest BCUT2D eigenvalue weighted by Gasteiger charge is 2.59. The molecule has 0 aliphatic heterocycles. The fourth-order valence-corrected chi connectivity index (χ4v) is 18.4. The van der Waals surface area contributed by atoms with E-state index in [0.29, 0.717) is 0 Å². The van der Waals surface area contributed by atoms with Crippen molar-refractivity contribution in [2.24, 2.45) is 0 Å². The first kappa shape index (κ1) is 32.5. The highest BCUT2D eigenvalue weighted by Crippen LogP contribution is 2.72. The molecule has 1 unspecified atom stereocenters. The van der Waals surface area contributed by atoms with Crippen molar-refractivity contribution in [3.63, 3.8) is 0 Å². The number of rotatable bonds is 8. The van der Waals surface area contributed by atoms with Gasteiger partial charge >= 0.3 is 0 Å². The average molecular weight is 703 g/mol. The molecule has 0 saturated heterocycles. The molecule has 0 spiro atoms. The average Bonchev–Trinajstić information content (AvgIpc) is 3.16. The third-order valence-electron chi connectivity index (χ3n) is 9.59. The van der Waals surface area contributed by atoms with Gasteiger partial charge < -0.3 is 0 Å². The molecule has 7 aromatic carbocycles. The summed E-state index contributed by atoms with van der Waals surface area (Å²) in [5.74, 6) is 0. The summed E-state index contributed by atoms with van der Waals surface area (Å²) in [5, 5.41) is 8.01. The van der Waals surface area contributed by atoms with Crippen LogP contribution in [0.15, 0.2) is 188 Å². The molecular weight excluding hydrogens is 667 g/mol. The lowest BCUT2D eigenvalue weighted by Gasteiger charge is -2.53. The second kappa shape index (κ2) is 13.6. The molecule has 1 aliphatic carbocycles. The Morgan fingerprint density at radius 1 is 0.480 bits per heavy atom. The highest BCUT2D eigenvalue weighted by atomic mass is 32.2. The Hall–Kier alpha value is -4.65. The van der Waals surface area contributed by atoms with Gasteiger partial charge in [0.15, 0.2) is 9.84 Å². The Labute approximate surface area is 296 Å². The summed E-state index contributed by atoms with van der Waals surface area (Å²) in [7, 11) is -6.55. The Morgan fingerprint density at radius 3 is 1.40 bits per heavy atom. The third-order valence-corrected chi connectivity index (χ3v) is 18.2. The number of fused-ring (bicyclic) bond motifs is 2. The summed E-state index contributed by atoms with van der Waals surface area (Å²) in [4.78, 5) is -0.956. The molecule has 0 amide bonds. The van der Waals surface area contributed by atoms with Gasteiger partial charge in [-0.15, -0.1) is 0 Å². The van der Waals surface area contributed by atoms with Gasteiger partial charge in [0, 0.05) is 6.26 Å². The van der Waals surface area contributed by atoms with Crippen molar-refractivity contribution in [2.45, 2.75) is 10.1 Å². The second-order valence-corrected chi connectivity index (χ2v) is 20.0. The van der Waals surface area contributed by atoms with Crippen LogP contribution in [0.3, 0.4) is 0 Å². The second-order valence-electron chi connectivity index (χ2n) is 12.6. The van der Waals surface area contributed by atoms with Crippen LogP contribution in [0.25, 0.3) is 22.4 Å². The Bertz CT molecular complexity index is 2350. The van der Waals surface area contributed by atoms with Crippen molar-refractivity contribution in [3.05, 3.63) is 204 Å². The summed E-state index contributed by atoms with van der Waals surface area (Å²) in [5.41, 5.74) is 2.18. The first-order chi connectivity index (χ1) is 24.5. The zero-order valence-electron chi connectivity index (χ0n) is 27.7. The molecule has 0 N–H and O–H groups in total. The first-order valence-electron chi connectivity index (χ1n) is 16.8. The maximum Gasteiger partial charge on any atom is 0.155 e.